The van der Waals surface area contributed by atoms with Crippen LogP contribution in [0.2, 0.25) is 0 Å². The molecule has 84 heavy (non-hydrogen) atoms. The molecule has 2 unspecified atom stereocenters. The molecule has 6 amide bonds. The van der Waals surface area contributed by atoms with Crippen LogP contribution in [0.3, 0.4) is 0 Å². The fourth-order valence-corrected chi connectivity index (χ4v) is 10.9. The van der Waals surface area contributed by atoms with Gasteiger partial charge >= 0.3 is 33.7 Å². The number of phosphoric acid groups is 2. The smallest absolute Gasteiger partial charge is 0.456 e. The molecule has 25 nitrogen and oxygen atoms in total. The summed E-state index contributed by atoms with van der Waals surface area (Å²) in [6.07, 6.45) is 3.53. The minimum Gasteiger partial charge on any atom is -0.456 e. The van der Waals surface area contributed by atoms with Gasteiger partial charge in [0.05, 0.1) is 19.8 Å². The van der Waals surface area contributed by atoms with E-state index in [1.807, 2.05) is 20.8 Å². The van der Waals surface area contributed by atoms with Crippen LogP contribution in [0.5, 0.6) is 0 Å². The molecule has 0 radical (unpaired) electrons. The first-order chi connectivity index (χ1) is 39.5. The van der Waals surface area contributed by atoms with Gasteiger partial charge in [0.25, 0.3) is 5.91 Å². The molecule has 476 valence electrons. The van der Waals surface area contributed by atoms with E-state index in [4.69, 9.17) is 29.0 Å². The lowest BCUT2D eigenvalue weighted by Gasteiger charge is -2.33. The first-order valence-electron chi connectivity index (χ1n) is 28.9. The molecule has 0 bridgehead atoms. The largest absolute Gasteiger partial charge is 0.481 e. The van der Waals surface area contributed by atoms with Crippen LogP contribution in [0, 0.1) is 17.8 Å². The minimum atomic E-state index is -4.90. The van der Waals surface area contributed by atoms with Crippen molar-refractivity contribution in [2.24, 2.45) is 23.5 Å². The number of amides is 6. The van der Waals surface area contributed by atoms with Crippen molar-refractivity contribution in [3.8, 4) is 0 Å². The van der Waals surface area contributed by atoms with E-state index in [0.717, 1.165) is 4.90 Å². The Balaban J connectivity index is 2.44. The van der Waals surface area contributed by atoms with Crippen LogP contribution in [-0.4, -0.2) is 157 Å². The van der Waals surface area contributed by atoms with E-state index < -0.39 is 124 Å². The summed E-state index contributed by atoms with van der Waals surface area (Å²) in [6, 6.07) is 4.10. The second-order valence-electron chi connectivity index (χ2n) is 21.8. The third kappa shape index (κ3) is 27.2. The van der Waals surface area contributed by atoms with Crippen LogP contribution in [0.1, 0.15) is 145 Å². The zero-order valence-electron chi connectivity index (χ0n) is 51.1. The van der Waals surface area contributed by atoms with E-state index in [-0.39, 0.29) is 50.5 Å². The van der Waals surface area contributed by atoms with Gasteiger partial charge in [0, 0.05) is 45.0 Å². The molecule has 0 aliphatic carbocycles. The number of phosphoric ester groups is 2. The van der Waals surface area contributed by atoms with Crippen molar-refractivity contribution < 1.29 is 84.8 Å². The van der Waals surface area contributed by atoms with Crippen LogP contribution in [-0.2, 0) is 76.7 Å². The average molecular weight is 1230 g/mol. The number of ether oxygens (including phenoxy) is 3. The maximum absolute atomic E-state index is 14.3. The van der Waals surface area contributed by atoms with E-state index in [2.05, 4.69) is 25.6 Å². The number of carbonyl (C=O) groups excluding carboxylic acids is 8. The summed E-state index contributed by atoms with van der Waals surface area (Å²) < 4.78 is 56.2. The Morgan fingerprint density at radius 2 is 1.42 bits per heavy atom. The highest BCUT2D eigenvalue weighted by atomic mass is 31.3. The number of esters is 2. The highest BCUT2D eigenvalue weighted by molar-refractivity contribution is 7.61. The second kappa shape index (κ2) is 37.8. The molecule has 0 saturated carbocycles. The summed E-state index contributed by atoms with van der Waals surface area (Å²) in [5.41, 5.74) is 6.72. The van der Waals surface area contributed by atoms with Gasteiger partial charge in [-0.05, 0) is 103 Å². The Hall–Kier alpha value is -5.52. The Morgan fingerprint density at radius 3 is 2.00 bits per heavy atom. The molecule has 0 saturated heterocycles. The van der Waals surface area contributed by atoms with E-state index in [1.165, 1.54) is 45.8 Å². The van der Waals surface area contributed by atoms with Crippen LogP contribution < -0.4 is 27.0 Å². The highest BCUT2D eigenvalue weighted by Crippen LogP contribution is 2.60. The first kappa shape index (κ1) is 74.6. The SMILES string of the molecule is C/C=C(\C)[C@H]1OC(=O)[C@@H](C)NC(=O)[C@H]([C@H](C)CC)NC(=O)CN(C)C(=O)[C@@H](Cc2ccccc2)N(C)C(=O)[C@H](C)NC(=O)[C@@H](CC(C)C)OC(=O)/C(C)=C\C[C@H](OC(=O)NCCCCCCCOP(=O)(O)OP(=O)(O)OCCCCCN)[C@@H]1C. The van der Waals surface area contributed by atoms with Gasteiger partial charge in [-0.15, -0.1) is 0 Å². The summed E-state index contributed by atoms with van der Waals surface area (Å²) >= 11 is 0. The maximum Gasteiger partial charge on any atom is 0.481 e. The number of nitrogens with one attached hydrogen (secondary N) is 4. The average Bonchev–Trinajstić information content (AvgIpc) is 3.44. The van der Waals surface area contributed by atoms with Crippen molar-refractivity contribution in [3.63, 3.8) is 0 Å². The summed E-state index contributed by atoms with van der Waals surface area (Å²) in [6.45, 7) is 16.3. The number of benzene rings is 1. The van der Waals surface area contributed by atoms with Crippen LogP contribution in [0.25, 0.3) is 0 Å². The van der Waals surface area contributed by atoms with Crippen molar-refractivity contribution in [1.29, 1.82) is 0 Å². The van der Waals surface area contributed by atoms with Crippen molar-refractivity contribution in [1.82, 2.24) is 31.1 Å². The second-order valence-corrected chi connectivity index (χ2v) is 24.9. The Bertz CT molecular complexity index is 2470. The van der Waals surface area contributed by atoms with Gasteiger partial charge < -0.3 is 60.8 Å². The number of nitrogens with zero attached hydrogens (tertiary/aromatic N) is 2. The van der Waals surface area contributed by atoms with Gasteiger partial charge in [-0.2, -0.15) is 4.31 Å². The molecular formula is C57H95N7O18P2. The molecule has 8 N–H and O–H groups in total. The molecule has 11 atom stereocenters. The zero-order chi connectivity index (χ0) is 63.3. The molecule has 0 fully saturated rings. The monoisotopic (exact) mass is 1230 g/mol. The van der Waals surface area contributed by atoms with Gasteiger partial charge in [-0.1, -0.05) is 103 Å². The lowest BCUT2D eigenvalue weighted by molar-refractivity contribution is -0.155. The van der Waals surface area contributed by atoms with E-state index in [0.29, 0.717) is 75.5 Å². The van der Waals surface area contributed by atoms with Crippen LogP contribution in [0.4, 0.5) is 4.79 Å². The Labute approximate surface area is 495 Å². The number of likely N-dealkylation sites (N-methyl/N-ethyl adjacent to an activating group) is 2. The summed E-state index contributed by atoms with van der Waals surface area (Å²) in [4.78, 5) is 134. The number of cyclic esters (lactones) is 2. The lowest BCUT2D eigenvalue weighted by Crippen LogP contribution is -2.57. The lowest BCUT2D eigenvalue weighted by atomic mass is 9.90. The fraction of sp³-hybridized carbons (Fsp3) is 0.684. The molecule has 0 spiro atoms. The minimum absolute atomic E-state index is 0.0388. The van der Waals surface area contributed by atoms with Crippen LogP contribution >= 0.6 is 15.6 Å². The van der Waals surface area contributed by atoms with E-state index in [9.17, 15) is 57.3 Å². The number of rotatable bonds is 25. The van der Waals surface area contributed by atoms with Gasteiger partial charge in [0.2, 0.25) is 23.6 Å². The number of allylic oxidation sites excluding steroid dienone is 1. The number of hydrogen-bond acceptors (Lipinski definition) is 17. The van der Waals surface area contributed by atoms with Crippen molar-refractivity contribution in [2.75, 3.05) is 46.9 Å². The molecule has 1 aliphatic rings. The fourth-order valence-electron chi connectivity index (χ4n) is 8.78. The quantitative estimate of drug-likeness (QED) is 0.0186. The molecule has 1 aliphatic heterocycles. The predicted octanol–water partition coefficient (Wildman–Crippen LogP) is 6.30. The maximum atomic E-state index is 14.3. The molecule has 1 aromatic carbocycles. The predicted molar refractivity (Wildman–Crippen MR) is 314 cm³/mol. The topological polar surface area (TPSA) is 347 Å². The summed E-state index contributed by atoms with van der Waals surface area (Å²) in [5, 5.41) is 10.8. The first-order valence-corrected chi connectivity index (χ1v) is 31.9. The number of carbonyl (C=O) groups is 8. The van der Waals surface area contributed by atoms with Gasteiger partial charge in [0.1, 0.15) is 36.4 Å². The number of alkyl carbamates (subject to hydrolysis) is 1. The third-order valence-electron chi connectivity index (χ3n) is 14.2. The molecule has 27 heteroatoms. The molecular weight excluding hydrogens is 1130 g/mol. The summed E-state index contributed by atoms with van der Waals surface area (Å²) in [5.74, 6) is -6.58. The van der Waals surface area contributed by atoms with Gasteiger partial charge in [0.15, 0.2) is 6.10 Å². The standard InChI is InChI=1S/C57H95N7O18P2/c1-13-38(5)49-52(67)61-43(10)56(71)81-50(39(6)14-2)41(8)46(80-57(72)59-31-23-16-15-17-24-32-77-83(73,74)82-84(75,76)78-33-25-19-22-30-58)29-28-40(7)55(70)79-47(34-37(3)4)51(66)60-42(9)53(68)64(12)45(35-44-26-20-18-21-27-44)54(69)63(11)36-48(65)62-49/h14,18,20-21,26-28,37-38,41-43,45-47,49-50H,13,15-17,19,22-25,29-36,58H2,1-12H3,(H,59,72)(H,60,66)(H,61,67)(H,62,65)(H,73,74)(H,75,76)/b39-14+,40-28-/t38-,41+,42+,43-,45-,46+,47-,49+,50-/m1/s1. The normalized spacial score (nSPS) is 25.2. The van der Waals surface area contributed by atoms with Crippen molar-refractivity contribution in [2.45, 2.75) is 189 Å². The Kier molecular flexibility index (Phi) is 33.6. The van der Waals surface area contributed by atoms with Gasteiger partial charge in [-0.25, -0.2) is 23.5 Å². The molecule has 1 aromatic rings. The number of nitrogens with two attached hydrogens (primary N) is 1. The molecule has 2 rings (SSSR count). The highest BCUT2D eigenvalue weighted by Gasteiger charge is 2.39. The molecule has 0 aromatic heterocycles. The van der Waals surface area contributed by atoms with Crippen molar-refractivity contribution in [3.05, 3.63) is 59.2 Å². The number of hydrogen-bond donors (Lipinski definition) is 7. The zero-order valence-corrected chi connectivity index (χ0v) is 52.9. The van der Waals surface area contributed by atoms with Crippen molar-refractivity contribution >= 4 is 63.2 Å². The Morgan fingerprint density at radius 1 is 0.833 bits per heavy atom. The van der Waals surface area contributed by atoms with E-state index in [1.54, 1.807) is 64.1 Å². The van der Waals surface area contributed by atoms with E-state index >= 15 is 0 Å². The summed E-state index contributed by atoms with van der Waals surface area (Å²) in [7, 11) is -6.95. The number of unbranched alkanes of at least 4 members (excludes halogenated alkanes) is 6. The third-order valence-corrected chi connectivity index (χ3v) is 16.9. The molecule has 1 heterocycles. The van der Waals surface area contributed by atoms with Crippen LogP contribution in [0.15, 0.2) is 53.6 Å². The van der Waals surface area contributed by atoms with Gasteiger partial charge in [-0.3, -0.25) is 33.0 Å².